The second kappa shape index (κ2) is 4.65. The molecule has 0 atom stereocenters. The third-order valence-electron chi connectivity index (χ3n) is 2.34. The number of H-pyrrole nitrogens is 2. The van der Waals surface area contributed by atoms with Crippen LogP contribution in [0.15, 0.2) is 24.7 Å². The highest BCUT2D eigenvalue weighted by atomic mass is 16.4. The Hall–Kier alpha value is -2.04. The van der Waals surface area contributed by atoms with Gasteiger partial charge in [0.25, 0.3) is 0 Å². The molecule has 0 bridgehead atoms. The first-order valence-electron chi connectivity index (χ1n) is 5.14. The van der Waals surface area contributed by atoms with Crippen LogP contribution < -0.4 is 0 Å². The van der Waals surface area contributed by atoms with Crippen molar-refractivity contribution in [2.75, 3.05) is 0 Å². The van der Waals surface area contributed by atoms with Gasteiger partial charge in [-0.1, -0.05) is 0 Å². The minimum atomic E-state index is -0.766. The van der Waals surface area contributed by atoms with E-state index < -0.39 is 5.97 Å². The van der Waals surface area contributed by atoms with Crippen LogP contribution in [-0.4, -0.2) is 26.0 Å². The van der Waals surface area contributed by atoms with Crippen molar-refractivity contribution in [3.63, 3.8) is 0 Å². The van der Waals surface area contributed by atoms with Crippen LogP contribution in [0.1, 0.15) is 18.7 Å². The lowest BCUT2D eigenvalue weighted by Crippen LogP contribution is -1.96. The first kappa shape index (κ1) is 10.5. The van der Waals surface area contributed by atoms with Crippen LogP contribution in [-0.2, 0) is 11.2 Å². The molecule has 0 saturated carbocycles. The summed E-state index contributed by atoms with van der Waals surface area (Å²) < 4.78 is 0. The van der Waals surface area contributed by atoms with Crippen LogP contribution in [0, 0.1) is 0 Å². The number of aliphatic carboxylic acids is 1. The molecule has 2 aromatic heterocycles. The summed E-state index contributed by atoms with van der Waals surface area (Å²) in [6.07, 6.45) is 6.94. The predicted octanol–water partition coefficient (Wildman–Crippen LogP) is 1.81. The van der Waals surface area contributed by atoms with Crippen molar-refractivity contribution in [1.29, 1.82) is 0 Å². The number of carbonyl (C=O) groups is 1. The van der Waals surface area contributed by atoms with Crippen molar-refractivity contribution in [2.45, 2.75) is 19.3 Å². The third-order valence-corrected chi connectivity index (χ3v) is 2.34. The van der Waals surface area contributed by atoms with Crippen molar-refractivity contribution in [2.24, 2.45) is 0 Å². The molecule has 0 aliphatic heterocycles. The molecular formula is C11H13N3O2. The van der Waals surface area contributed by atoms with E-state index in [2.05, 4.69) is 15.0 Å². The smallest absolute Gasteiger partial charge is 0.303 e. The number of rotatable bonds is 5. The summed E-state index contributed by atoms with van der Waals surface area (Å²) in [5, 5.41) is 8.51. The van der Waals surface area contributed by atoms with Gasteiger partial charge in [-0.2, -0.15) is 0 Å². The number of hydrogen-bond acceptors (Lipinski definition) is 2. The second-order valence-corrected chi connectivity index (χ2v) is 3.59. The molecule has 0 spiro atoms. The Kier molecular flexibility index (Phi) is 3.05. The van der Waals surface area contributed by atoms with Crippen LogP contribution in [0.5, 0.6) is 0 Å². The van der Waals surface area contributed by atoms with Gasteiger partial charge in [-0.05, 0) is 12.5 Å². The zero-order valence-corrected chi connectivity index (χ0v) is 8.73. The number of aromatic amines is 2. The molecule has 3 N–H and O–H groups in total. The quantitative estimate of drug-likeness (QED) is 0.717. The fourth-order valence-electron chi connectivity index (χ4n) is 1.53. The van der Waals surface area contributed by atoms with Gasteiger partial charge in [0.05, 0.1) is 11.9 Å². The van der Waals surface area contributed by atoms with Gasteiger partial charge in [0.15, 0.2) is 0 Å². The highest BCUT2D eigenvalue weighted by molar-refractivity contribution is 5.66. The van der Waals surface area contributed by atoms with Crippen LogP contribution >= 0.6 is 0 Å². The molecule has 2 aromatic rings. The zero-order chi connectivity index (χ0) is 11.4. The average Bonchev–Trinajstić information content (AvgIpc) is 2.85. The van der Waals surface area contributed by atoms with Gasteiger partial charge in [-0.25, -0.2) is 4.98 Å². The maximum Gasteiger partial charge on any atom is 0.303 e. The van der Waals surface area contributed by atoms with E-state index in [-0.39, 0.29) is 6.42 Å². The molecule has 0 radical (unpaired) electrons. The van der Waals surface area contributed by atoms with Gasteiger partial charge in [0, 0.05) is 30.8 Å². The lowest BCUT2D eigenvalue weighted by molar-refractivity contribution is -0.137. The van der Waals surface area contributed by atoms with E-state index in [1.807, 2.05) is 18.5 Å². The number of carboxylic acids is 1. The van der Waals surface area contributed by atoms with E-state index in [0.29, 0.717) is 12.8 Å². The van der Waals surface area contributed by atoms with Gasteiger partial charge >= 0.3 is 5.97 Å². The lowest BCUT2D eigenvalue weighted by Gasteiger charge is -1.94. The normalized spacial score (nSPS) is 10.5. The van der Waals surface area contributed by atoms with Crippen molar-refractivity contribution >= 4 is 5.97 Å². The molecule has 84 valence electrons. The summed E-state index contributed by atoms with van der Waals surface area (Å²) in [5.74, 6) is 0.0647. The average molecular weight is 219 g/mol. The molecule has 2 heterocycles. The van der Waals surface area contributed by atoms with Crippen molar-refractivity contribution < 1.29 is 9.90 Å². The molecule has 0 amide bonds. The van der Waals surface area contributed by atoms with E-state index in [1.54, 1.807) is 6.20 Å². The van der Waals surface area contributed by atoms with E-state index in [4.69, 9.17) is 5.11 Å². The van der Waals surface area contributed by atoms with Gasteiger partial charge in [-0.3, -0.25) is 4.79 Å². The Bertz CT molecular complexity index is 459. The largest absolute Gasteiger partial charge is 0.481 e. The maximum atomic E-state index is 10.3. The molecule has 16 heavy (non-hydrogen) atoms. The SMILES string of the molecule is O=C(O)CCCc1ncc(-c2cc[nH]c2)[nH]1. The number of nitrogens with zero attached hydrogens (tertiary/aromatic N) is 1. The van der Waals surface area contributed by atoms with Gasteiger partial charge < -0.3 is 15.1 Å². The zero-order valence-electron chi connectivity index (χ0n) is 8.73. The van der Waals surface area contributed by atoms with Crippen molar-refractivity contribution in [1.82, 2.24) is 15.0 Å². The van der Waals surface area contributed by atoms with Crippen LogP contribution in [0.3, 0.4) is 0 Å². The summed E-state index contributed by atoms with van der Waals surface area (Å²) in [6.45, 7) is 0. The Morgan fingerprint density at radius 2 is 2.38 bits per heavy atom. The number of aryl methyl sites for hydroxylation is 1. The molecule has 0 fully saturated rings. The van der Waals surface area contributed by atoms with Crippen LogP contribution in [0.25, 0.3) is 11.3 Å². The van der Waals surface area contributed by atoms with E-state index >= 15 is 0 Å². The highest BCUT2D eigenvalue weighted by Gasteiger charge is 2.04. The maximum absolute atomic E-state index is 10.3. The number of imidazole rings is 1. The van der Waals surface area contributed by atoms with Crippen LogP contribution in [0.4, 0.5) is 0 Å². The number of hydrogen-bond donors (Lipinski definition) is 3. The molecule has 0 aliphatic carbocycles. The summed E-state index contributed by atoms with van der Waals surface area (Å²) in [4.78, 5) is 20.7. The first-order chi connectivity index (χ1) is 7.75. The van der Waals surface area contributed by atoms with Crippen molar-refractivity contribution in [3.05, 3.63) is 30.5 Å². The minimum Gasteiger partial charge on any atom is -0.481 e. The lowest BCUT2D eigenvalue weighted by atomic mass is 10.2. The Balaban J connectivity index is 1.95. The second-order valence-electron chi connectivity index (χ2n) is 3.59. The summed E-state index contributed by atoms with van der Waals surface area (Å²) >= 11 is 0. The highest BCUT2D eigenvalue weighted by Crippen LogP contribution is 2.16. The van der Waals surface area contributed by atoms with E-state index in [9.17, 15) is 4.79 Å². The standard InChI is InChI=1S/C11H13N3O2/c15-11(16)3-1-2-10-13-7-9(14-10)8-4-5-12-6-8/h4-7,12H,1-3H2,(H,13,14)(H,15,16). The Labute approximate surface area is 92.5 Å². The summed E-state index contributed by atoms with van der Waals surface area (Å²) in [6, 6.07) is 1.95. The first-order valence-corrected chi connectivity index (χ1v) is 5.14. The van der Waals surface area contributed by atoms with Gasteiger partial charge in [0.2, 0.25) is 0 Å². The fourth-order valence-corrected chi connectivity index (χ4v) is 1.53. The predicted molar refractivity (Wildman–Crippen MR) is 58.9 cm³/mol. The molecule has 5 nitrogen and oxygen atoms in total. The van der Waals surface area contributed by atoms with E-state index in [0.717, 1.165) is 17.1 Å². The molecule has 0 saturated heterocycles. The molecule has 5 heteroatoms. The Morgan fingerprint density at radius 3 is 3.06 bits per heavy atom. The number of nitrogens with one attached hydrogen (secondary N) is 2. The van der Waals surface area contributed by atoms with E-state index in [1.165, 1.54) is 0 Å². The molecule has 2 rings (SSSR count). The fraction of sp³-hybridized carbons (Fsp3) is 0.273. The Morgan fingerprint density at radius 1 is 1.50 bits per heavy atom. The molecule has 0 aliphatic rings. The van der Waals surface area contributed by atoms with Gasteiger partial charge in [-0.15, -0.1) is 0 Å². The molecule has 0 unspecified atom stereocenters. The third kappa shape index (κ3) is 2.50. The number of carboxylic acid groups (broad SMARTS) is 1. The minimum absolute atomic E-state index is 0.181. The summed E-state index contributed by atoms with van der Waals surface area (Å²) in [7, 11) is 0. The number of aromatic nitrogens is 3. The molecule has 0 aromatic carbocycles. The summed E-state index contributed by atoms with van der Waals surface area (Å²) in [5.41, 5.74) is 2.00. The van der Waals surface area contributed by atoms with Crippen LogP contribution in [0.2, 0.25) is 0 Å². The van der Waals surface area contributed by atoms with Crippen molar-refractivity contribution in [3.8, 4) is 11.3 Å². The van der Waals surface area contributed by atoms with Gasteiger partial charge in [0.1, 0.15) is 5.82 Å². The molecular weight excluding hydrogens is 206 g/mol. The monoisotopic (exact) mass is 219 g/mol. The topological polar surface area (TPSA) is 81.8 Å².